The van der Waals surface area contributed by atoms with Crippen molar-refractivity contribution >= 4 is 40.7 Å². The molecule has 0 radical (unpaired) electrons. The van der Waals surface area contributed by atoms with Crippen LogP contribution in [0.15, 0.2) is 18.2 Å². The number of halogens is 3. The molecule has 0 aliphatic rings. The number of methoxy groups -OCH3 is 1. The lowest BCUT2D eigenvalue weighted by Crippen LogP contribution is -2.35. The molecule has 0 N–H and O–H groups in total. The number of rotatable bonds is 6. The Bertz CT molecular complexity index is 412. The van der Waals surface area contributed by atoms with Crippen LogP contribution in [0.4, 0.5) is 0 Å². The van der Waals surface area contributed by atoms with Gasteiger partial charge in [0.2, 0.25) is 0 Å². The first-order chi connectivity index (χ1) is 8.60. The van der Waals surface area contributed by atoms with Gasteiger partial charge in [-0.2, -0.15) is 0 Å². The minimum atomic E-state index is -0.172. The summed E-state index contributed by atoms with van der Waals surface area (Å²) in [6.07, 6.45) is 0. The molecule has 1 aromatic carbocycles. The van der Waals surface area contributed by atoms with E-state index < -0.39 is 0 Å². The van der Waals surface area contributed by atoms with Crippen molar-refractivity contribution in [3.8, 4) is 0 Å². The molecule has 6 heteroatoms. The lowest BCUT2D eigenvalue weighted by molar-refractivity contribution is 0.0708. The van der Waals surface area contributed by atoms with Crippen molar-refractivity contribution < 1.29 is 9.53 Å². The molecule has 0 heterocycles. The number of benzene rings is 1. The molecule has 3 nitrogen and oxygen atoms in total. The minimum Gasteiger partial charge on any atom is -0.383 e. The highest BCUT2D eigenvalue weighted by Gasteiger charge is 2.17. The first-order valence-corrected chi connectivity index (χ1v) is 6.68. The molecular formula is C12H14Cl3NO2. The van der Waals surface area contributed by atoms with Gasteiger partial charge in [0.25, 0.3) is 5.91 Å². The van der Waals surface area contributed by atoms with E-state index in [-0.39, 0.29) is 5.91 Å². The zero-order valence-corrected chi connectivity index (χ0v) is 12.2. The summed E-state index contributed by atoms with van der Waals surface area (Å²) < 4.78 is 4.96. The van der Waals surface area contributed by atoms with Gasteiger partial charge in [-0.15, -0.1) is 11.6 Å². The molecule has 18 heavy (non-hydrogen) atoms. The van der Waals surface area contributed by atoms with E-state index in [0.29, 0.717) is 41.2 Å². The molecule has 1 aromatic rings. The molecule has 0 saturated carbocycles. The Morgan fingerprint density at radius 3 is 2.61 bits per heavy atom. The van der Waals surface area contributed by atoms with Gasteiger partial charge in [-0.1, -0.05) is 23.2 Å². The third kappa shape index (κ3) is 4.32. The lowest BCUT2D eigenvalue weighted by Gasteiger charge is -2.21. The first-order valence-electron chi connectivity index (χ1n) is 5.39. The summed E-state index contributed by atoms with van der Waals surface area (Å²) in [7, 11) is 1.58. The maximum absolute atomic E-state index is 12.3. The van der Waals surface area contributed by atoms with E-state index in [2.05, 4.69) is 0 Å². The van der Waals surface area contributed by atoms with Crippen molar-refractivity contribution in [3.05, 3.63) is 33.8 Å². The molecule has 0 aromatic heterocycles. The van der Waals surface area contributed by atoms with Crippen molar-refractivity contribution in [2.75, 3.05) is 32.7 Å². The second-order valence-electron chi connectivity index (χ2n) is 3.60. The third-order valence-corrected chi connectivity index (χ3v) is 3.09. The second kappa shape index (κ2) is 7.85. The normalized spacial score (nSPS) is 10.4. The van der Waals surface area contributed by atoms with Gasteiger partial charge in [0.15, 0.2) is 0 Å². The summed E-state index contributed by atoms with van der Waals surface area (Å²) in [5.74, 6) is 0.190. The summed E-state index contributed by atoms with van der Waals surface area (Å²) in [6.45, 7) is 1.37. The van der Waals surface area contributed by atoms with Crippen LogP contribution in [0.3, 0.4) is 0 Å². The van der Waals surface area contributed by atoms with Crippen LogP contribution in [-0.2, 0) is 4.74 Å². The monoisotopic (exact) mass is 309 g/mol. The number of carbonyl (C=O) groups excluding carboxylic acids is 1. The smallest absolute Gasteiger partial charge is 0.255 e. The Hall–Kier alpha value is -0.480. The molecule has 0 bridgehead atoms. The van der Waals surface area contributed by atoms with E-state index in [1.54, 1.807) is 30.2 Å². The van der Waals surface area contributed by atoms with Gasteiger partial charge in [-0.3, -0.25) is 4.79 Å². The Balaban J connectivity index is 2.87. The molecule has 1 amide bonds. The van der Waals surface area contributed by atoms with Crippen LogP contribution in [0.5, 0.6) is 0 Å². The molecule has 0 atom stereocenters. The Labute approximate surface area is 122 Å². The molecule has 100 valence electrons. The standard InChI is InChI=1S/C12H14Cl3NO2/c1-18-7-6-16(5-4-13)12(17)10-3-2-9(14)8-11(10)15/h2-3,8H,4-7H2,1H3. The highest BCUT2D eigenvalue weighted by atomic mass is 35.5. The quantitative estimate of drug-likeness (QED) is 0.754. The highest BCUT2D eigenvalue weighted by Crippen LogP contribution is 2.22. The predicted molar refractivity (Wildman–Crippen MR) is 75.0 cm³/mol. The average Bonchev–Trinajstić information content (AvgIpc) is 2.33. The Kier molecular flexibility index (Phi) is 6.79. The van der Waals surface area contributed by atoms with Crippen LogP contribution in [0.2, 0.25) is 10.0 Å². The molecule has 1 rings (SSSR count). The van der Waals surface area contributed by atoms with E-state index in [0.717, 1.165) is 0 Å². The topological polar surface area (TPSA) is 29.5 Å². The van der Waals surface area contributed by atoms with Gasteiger partial charge >= 0.3 is 0 Å². The van der Waals surface area contributed by atoms with Gasteiger partial charge < -0.3 is 9.64 Å². The van der Waals surface area contributed by atoms with Crippen LogP contribution in [0.1, 0.15) is 10.4 Å². The lowest BCUT2D eigenvalue weighted by atomic mass is 10.2. The van der Waals surface area contributed by atoms with Crippen LogP contribution in [-0.4, -0.2) is 43.5 Å². The zero-order chi connectivity index (χ0) is 13.5. The SMILES string of the molecule is COCCN(CCCl)C(=O)c1ccc(Cl)cc1Cl. The molecule has 0 fully saturated rings. The summed E-state index contributed by atoms with van der Waals surface area (Å²) in [4.78, 5) is 13.9. The van der Waals surface area contributed by atoms with E-state index in [1.807, 2.05) is 0 Å². The number of ether oxygens (including phenoxy) is 1. The Morgan fingerprint density at radius 2 is 2.06 bits per heavy atom. The van der Waals surface area contributed by atoms with Crippen LogP contribution in [0.25, 0.3) is 0 Å². The molecule has 0 spiro atoms. The summed E-state index contributed by atoms with van der Waals surface area (Å²) >= 11 is 17.5. The van der Waals surface area contributed by atoms with Gasteiger partial charge in [0.1, 0.15) is 0 Å². The molecule has 0 saturated heterocycles. The van der Waals surface area contributed by atoms with Crippen molar-refractivity contribution in [1.29, 1.82) is 0 Å². The van der Waals surface area contributed by atoms with Crippen molar-refractivity contribution in [2.45, 2.75) is 0 Å². The summed E-state index contributed by atoms with van der Waals surface area (Å²) in [5.41, 5.74) is 0.419. The fraction of sp³-hybridized carbons (Fsp3) is 0.417. The average molecular weight is 311 g/mol. The summed E-state index contributed by atoms with van der Waals surface area (Å²) in [6, 6.07) is 4.79. The fourth-order valence-electron chi connectivity index (χ4n) is 1.45. The third-order valence-electron chi connectivity index (χ3n) is 2.37. The number of alkyl halides is 1. The highest BCUT2D eigenvalue weighted by molar-refractivity contribution is 6.36. The predicted octanol–water partition coefficient (Wildman–Crippen LogP) is 3.32. The number of carbonyl (C=O) groups is 1. The number of nitrogens with zero attached hydrogens (tertiary/aromatic N) is 1. The minimum absolute atomic E-state index is 0.172. The van der Waals surface area contributed by atoms with Gasteiger partial charge in [-0.05, 0) is 18.2 Å². The van der Waals surface area contributed by atoms with Gasteiger partial charge in [-0.25, -0.2) is 0 Å². The van der Waals surface area contributed by atoms with Crippen molar-refractivity contribution in [3.63, 3.8) is 0 Å². The van der Waals surface area contributed by atoms with Crippen LogP contribution in [0, 0.1) is 0 Å². The molecule has 0 aliphatic carbocycles. The molecule has 0 unspecified atom stereocenters. The second-order valence-corrected chi connectivity index (χ2v) is 4.82. The summed E-state index contributed by atoms with van der Waals surface area (Å²) in [5, 5.41) is 0.835. The Morgan fingerprint density at radius 1 is 1.33 bits per heavy atom. The maximum atomic E-state index is 12.3. The van der Waals surface area contributed by atoms with E-state index in [9.17, 15) is 4.79 Å². The van der Waals surface area contributed by atoms with Crippen molar-refractivity contribution in [1.82, 2.24) is 4.90 Å². The largest absolute Gasteiger partial charge is 0.383 e. The first kappa shape index (κ1) is 15.6. The molecule has 0 aliphatic heterocycles. The fourth-order valence-corrected chi connectivity index (χ4v) is 2.15. The van der Waals surface area contributed by atoms with E-state index in [4.69, 9.17) is 39.5 Å². The van der Waals surface area contributed by atoms with Crippen LogP contribution < -0.4 is 0 Å². The number of hydrogen-bond donors (Lipinski definition) is 0. The van der Waals surface area contributed by atoms with Gasteiger partial charge in [0, 0.05) is 31.1 Å². The maximum Gasteiger partial charge on any atom is 0.255 e. The van der Waals surface area contributed by atoms with Crippen molar-refractivity contribution in [2.24, 2.45) is 0 Å². The van der Waals surface area contributed by atoms with Gasteiger partial charge in [0.05, 0.1) is 17.2 Å². The zero-order valence-electron chi connectivity index (χ0n) is 9.96. The number of amides is 1. The van der Waals surface area contributed by atoms with E-state index >= 15 is 0 Å². The van der Waals surface area contributed by atoms with Crippen LogP contribution >= 0.6 is 34.8 Å². The molecular weight excluding hydrogens is 296 g/mol. The number of hydrogen-bond acceptors (Lipinski definition) is 2. The van der Waals surface area contributed by atoms with E-state index in [1.165, 1.54) is 0 Å².